The zero-order chi connectivity index (χ0) is 20.3. The van der Waals surface area contributed by atoms with E-state index in [1.165, 1.54) is 44.2 Å². The summed E-state index contributed by atoms with van der Waals surface area (Å²) in [5.74, 6) is 0. The van der Waals surface area contributed by atoms with Crippen LogP contribution in [0.2, 0.25) is 0 Å². The van der Waals surface area contributed by atoms with Gasteiger partial charge in [0.25, 0.3) is 0 Å². The normalized spacial score (nSPS) is 12.8. The van der Waals surface area contributed by atoms with Gasteiger partial charge in [-0.2, -0.15) is 0 Å². The van der Waals surface area contributed by atoms with Gasteiger partial charge in [0.15, 0.2) is 0 Å². The Morgan fingerprint density at radius 2 is 0.963 bits per heavy atom. The van der Waals surface area contributed by atoms with Crippen molar-refractivity contribution in [1.29, 1.82) is 0 Å². The van der Waals surface area contributed by atoms with E-state index in [0.29, 0.717) is 0 Å². The lowest BCUT2D eigenvalue weighted by Crippen LogP contribution is -2.13. The minimum atomic E-state index is -0.0340. The highest BCUT2D eigenvalue weighted by Crippen LogP contribution is 2.42. The van der Waals surface area contributed by atoms with Crippen LogP contribution < -0.4 is 0 Å². The Morgan fingerprint density at radius 1 is 0.630 bits per heavy atom. The van der Waals surface area contributed by atoms with Gasteiger partial charge in [0.05, 0.1) is 0 Å². The number of fused-ring (bicyclic) bond motifs is 3. The van der Waals surface area contributed by atoms with Crippen molar-refractivity contribution in [3.8, 4) is 0 Å². The van der Waals surface area contributed by atoms with Crippen molar-refractivity contribution in [2.24, 2.45) is 0 Å². The zero-order valence-corrected chi connectivity index (χ0v) is 19.5. The van der Waals surface area contributed by atoms with E-state index in [-0.39, 0.29) is 19.5 Å². The van der Waals surface area contributed by atoms with E-state index >= 15 is 0 Å². The molecule has 0 unspecified atom stereocenters. The molecule has 0 N–H and O–H groups in total. The Labute approximate surface area is 164 Å². The van der Waals surface area contributed by atoms with Crippen molar-refractivity contribution in [2.75, 3.05) is 0 Å². The molecule has 3 heteroatoms. The molecule has 0 amide bonds. The van der Waals surface area contributed by atoms with Crippen molar-refractivity contribution in [3.63, 3.8) is 0 Å². The highest BCUT2D eigenvalue weighted by Gasteiger charge is 2.25. The van der Waals surface area contributed by atoms with Gasteiger partial charge in [-0.1, -0.05) is 53.7 Å². The van der Waals surface area contributed by atoms with E-state index in [1.54, 1.807) is 0 Å². The topological polar surface area (TPSA) is 26.3 Å². The van der Waals surface area contributed by atoms with Crippen LogP contribution in [-0.4, -0.2) is 0 Å². The minimum Gasteiger partial charge on any atom is -0.421 e. The van der Waals surface area contributed by atoms with Gasteiger partial charge < -0.3 is 8.39 Å². The van der Waals surface area contributed by atoms with E-state index in [9.17, 15) is 0 Å². The van der Waals surface area contributed by atoms with E-state index in [2.05, 4.69) is 81.4 Å². The summed E-state index contributed by atoms with van der Waals surface area (Å²) in [5, 5.41) is 2.43. The third kappa shape index (κ3) is 3.34. The second-order valence-electron chi connectivity index (χ2n) is 9.93. The summed E-state index contributed by atoms with van der Waals surface area (Å²) in [5.41, 5.74) is 9.67. The molecule has 0 radical (unpaired) electrons. The molecule has 0 fully saturated rings. The summed E-state index contributed by atoms with van der Waals surface area (Å²) in [7, 11) is -0.0340. The first-order valence-electron chi connectivity index (χ1n) is 9.72. The lowest BCUT2D eigenvalue weighted by molar-refractivity contribution is 0.571. The summed E-state index contributed by atoms with van der Waals surface area (Å²) >= 11 is 0. The van der Waals surface area contributed by atoms with E-state index < -0.39 is 0 Å². The maximum atomic E-state index is 6.29. The number of rotatable bonds is 0. The standard InChI is InChI=1S/C24H33O2P/c1-13-11-17(23(5,6)7)21-19(15(13)3)20-16(4)14(2)12-18(24(8,9)10)22(20)26-27-25-21/h11-12,27H,1-10H3. The molecule has 0 aliphatic heterocycles. The van der Waals surface area contributed by atoms with Crippen LogP contribution in [0.3, 0.4) is 0 Å². The number of hydrogen-bond acceptors (Lipinski definition) is 2. The fourth-order valence-corrected chi connectivity index (χ4v) is 4.45. The third-order valence-corrected chi connectivity index (χ3v) is 6.33. The molecule has 0 saturated heterocycles. The van der Waals surface area contributed by atoms with Gasteiger partial charge in [-0.3, -0.25) is 0 Å². The Kier molecular flexibility index (Phi) is 4.80. The van der Waals surface area contributed by atoms with E-state index in [1.807, 2.05) is 0 Å². The van der Waals surface area contributed by atoms with Crippen LogP contribution in [0.4, 0.5) is 0 Å². The molecule has 2 aromatic carbocycles. The fourth-order valence-electron chi connectivity index (χ4n) is 3.82. The van der Waals surface area contributed by atoms with Gasteiger partial charge in [-0.25, -0.2) is 0 Å². The molecule has 3 aromatic rings. The molecule has 0 aliphatic carbocycles. The van der Waals surface area contributed by atoms with Crippen molar-refractivity contribution in [2.45, 2.75) is 80.1 Å². The maximum Gasteiger partial charge on any atom is 0.201 e. The van der Waals surface area contributed by atoms with Gasteiger partial charge in [0.2, 0.25) is 8.67 Å². The average Bonchev–Trinajstić information content (AvgIpc) is 2.72. The molecule has 146 valence electrons. The molecule has 0 saturated carbocycles. The number of hydrogen-bond donors (Lipinski definition) is 0. The Hall–Kier alpha value is -1.66. The molecule has 27 heavy (non-hydrogen) atoms. The molecule has 0 bridgehead atoms. The lowest BCUT2D eigenvalue weighted by Gasteiger charge is -2.23. The van der Waals surface area contributed by atoms with Gasteiger partial charge in [-0.15, -0.1) is 0 Å². The van der Waals surface area contributed by atoms with Crippen LogP contribution in [-0.2, 0) is 10.8 Å². The van der Waals surface area contributed by atoms with Crippen molar-refractivity contribution >= 4 is 30.6 Å². The van der Waals surface area contributed by atoms with E-state index in [0.717, 1.165) is 11.2 Å². The fraction of sp³-hybridized carbons (Fsp3) is 0.500. The van der Waals surface area contributed by atoms with Crippen LogP contribution in [0, 0.1) is 27.7 Å². The first-order chi connectivity index (χ1) is 12.3. The lowest BCUT2D eigenvalue weighted by atomic mass is 9.81. The molecule has 0 atom stereocenters. The summed E-state index contributed by atoms with van der Waals surface area (Å²) in [6.45, 7) is 22.3. The minimum absolute atomic E-state index is 0.00210. The average molecular weight is 385 g/mol. The summed E-state index contributed by atoms with van der Waals surface area (Å²) < 4.78 is 12.6. The first-order valence-corrected chi connectivity index (χ1v) is 10.5. The highest BCUT2D eigenvalue weighted by atomic mass is 31.1. The van der Waals surface area contributed by atoms with E-state index in [4.69, 9.17) is 8.39 Å². The van der Waals surface area contributed by atoms with Crippen molar-refractivity contribution in [1.82, 2.24) is 0 Å². The largest absolute Gasteiger partial charge is 0.421 e. The molecule has 3 rings (SSSR count). The predicted octanol–water partition coefficient (Wildman–Crippen LogP) is 8.16. The molecule has 0 spiro atoms. The Morgan fingerprint density at radius 3 is 1.26 bits per heavy atom. The Balaban J connectivity index is 2.75. The highest BCUT2D eigenvalue weighted by molar-refractivity contribution is 7.15. The summed E-state index contributed by atoms with van der Waals surface area (Å²) in [6.07, 6.45) is 0. The van der Waals surface area contributed by atoms with Gasteiger partial charge in [0.1, 0.15) is 11.2 Å². The van der Waals surface area contributed by atoms with Crippen LogP contribution in [0.25, 0.3) is 21.9 Å². The van der Waals surface area contributed by atoms with Crippen LogP contribution >= 0.6 is 8.67 Å². The quantitative estimate of drug-likeness (QED) is 0.391. The summed E-state index contributed by atoms with van der Waals surface area (Å²) in [6, 6.07) is 4.58. The van der Waals surface area contributed by atoms with Crippen LogP contribution in [0.5, 0.6) is 0 Å². The molecular weight excluding hydrogens is 351 g/mol. The molecule has 1 aromatic heterocycles. The third-order valence-electron chi connectivity index (χ3n) is 5.75. The molecule has 0 aliphatic rings. The van der Waals surface area contributed by atoms with Gasteiger partial charge >= 0.3 is 0 Å². The Bertz CT molecular complexity index is 989. The summed E-state index contributed by atoms with van der Waals surface area (Å²) in [4.78, 5) is 0. The van der Waals surface area contributed by atoms with Crippen LogP contribution in [0.1, 0.15) is 74.9 Å². The second-order valence-corrected chi connectivity index (χ2v) is 10.5. The maximum absolute atomic E-state index is 6.29. The molecule has 1 heterocycles. The first kappa shape index (κ1) is 20.1. The SMILES string of the molecule is Cc1cc(C(C)(C)C)c2o[pH]oc3c(C(C)(C)C)cc(C)c(C)c3c2c1C. The number of aryl methyl sites for hydroxylation is 4. The second kappa shape index (κ2) is 6.45. The smallest absolute Gasteiger partial charge is 0.201 e. The predicted molar refractivity (Wildman–Crippen MR) is 119 cm³/mol. The molecule has 2 nitrogen and oxygen atoms in total. The van der Waals surface area contributed by atoms with Crippen molar-refractivity contribution < 1.29 is 8.39 Å². The number of benzene rings is 2. The van der Waals surface area contributed by atoms with Crippen LogP contribution in [0.15, 0.2) is 20.5 Å². The van der Waals surface area contributed by atoms with Crippen molar-refractivity contribution in [3.05, 3.63) is 45.5 Å². The van der Waals surface area contributed by atoms with Gasteiger partial charge in [-0.05, 0) is 60.8 Å². The molecular formula is C24H33O2P. The monoisotopic (exact) mass is 384 g/mol. The zero-order valence-electron chi connectivity index (χ0n) is 18.5. The van der Waals surface area contributed by atoms with Gasteiger partial charge in [0, 0.05) is 21.9 Å².